The van der Waals surface area contributed by atoms with Gasteiger partial charge in [-0.3, -0.25) is 0 Å². The van der Waals surface area contributed by atoms with Crippen LogP contribution in [0.25, 0.3) is 0 Å². The molecule has 0 amide bonds. The molecule has 0 saturated carbocycles. The SMILES string of the molecule is CNC1CCc2cc3c(cc21)CCC3.Cl. The van der Waals surface area contributed by atoms with Gasteiger partial charge < -0.3 is 5.32 Å². The van der Waals surface area contributed by atoms with Gasteiger partial charge in [0.2, 0.25) is 0 Å². The van der Waals surface area contributed by atoms with E-state index < -0.39 is 0 Å². The van der Waals surface area contributed by atoms with Crippen LogP contribution in [0.15, 0.2) is 12.1 Å². The predicted molar refractivity (Wildman–Crippen MR) is 65.8 cm³/mol. The topological polar surface area (TPSA) is 12.0 Å². The molecule has 15 heavy (non-hydrogen) atoms. The second kappa shape index (κ2) is 4.15. The first-order chi connectivity index (χ1) is 6.88. The summed E-state index contributed by atoms with van der Waals surface area (Å²) in [6.07, 6.45) is 6.54. The molecular weight excluding hydrogens is 206 g/mol. The Balaban J connectivity index is 0.000000853. The first kappa shape index (κ1) is 11.0. The molecule has 0 fully saturated rings. The standard InChI is InChI=1S/C13H17N.ClH/c1-14-13-6-5-11-7-9-3-2-4-10(9)8-12(11)13;/h7-8,13-14H,2-6H2,1H3;1H. The van der Waals surface area contributed by atoms with Crippen molar-refractivity contribution >= 4 is 12.4 Å². The van der Waals surface area contributed by atoms with E-state index in [-0.39, 0.29) is 12.4 Å². The Labute approximate surface area is 97.7 Å². The van der Waals surface area contributed by atoms with Gasteiger partial charge in [-0.05, 0) is 61.4 Å². The third-order valence-corrected chi connectivity index (χ3v) is 3.78. The Morgan fingerprint density at radius 2 is 1.80 bits per heavy atom. The van der Waals surface area contributed by atoms with Crippen LogP contribution in [0.2, 0.25) is 0 Å². The summed E-state index contributed by atoms with van der Waals surface area (Å²) in [5.74, 6) is 0. The highest BCUT2D eigenvalue weighted by molar-refractivity contribution is 5.85. The number of fused-ring (bicyclic) bond motifs is 2. The van der Waals surface area contributed by atoms with Crippen molar-refractivity contribution in [3.63, 3.8) is 0 Å². The summed E-state index contributed by atoms with van der Waals surface area (Å²) in [5.41, 5.74) is 6.42. The third-order valence-electron chi connectivity index (χ3n) is 3.78. The maximum Gasteiger partial charge on any atom is 0.0323 e. The predicted octanol–water partition coefficient (Wildman–Crippen LogP) is 2.80. The van der Waals surface area contributed by atoms with Gasteiger partial charge in [0.05, 0.1) is 0 Å². The van der Waals surface area contributed by atoms with Crippen molar-refractivity contribution < 1.29 is 0 Å². The number of halogens is 1. The molecule has 0 heterocycles. The van der Waals surface area contributed by atoms with Gasteiger partial charge in [0.25, 0.3) is 0 Å². The number of aryl methyl sites for hydroxylation is 3. The second-order valence-corrected chi connectivity index (χ2v) is 4.55. The van der Waals surface area contributed by atoms with Gasteiger partial charge in [-0.25, -0.2) is 0 Å². The van der Waals surface area contributed by atoms with E-state index >= 15 is 0 Å². The molecule has 1 nitrogen and oxygen atoms in total. The summed E-state index contributed by atoms with van der Waals surface area (Å²) in [4.78, 5) is 0. The number of nitrogens with one attached hydrogen (secondary N) is 1. The monoisotopic (exact) mass is 223 g/mol. The minimum Gasteiger partial charge on any atom is -0.313 e. The van der Waals surface area contributed by atoms with Crippen molar-refractivity contribution in [1.29, 1.82) is 0 Å². The van der Waals surface area contributed by atoms with Crippen LogP contribution in [0.3, 0.4) is 0 Å². The molecule has 0 radical (unpaired) electrons. The van der Waals surface area contributed by atoms with Crippen LogP contribution in [0.4, 0.5) is 0 Å². The second-order valence-electron chi connectivity index (χ2n) is 4.55. The zero-order valence-electron chi connectivity index (χ0n) is 9.18. The Bertz CT molecular complexity index is 373. The summed E-state index contributed by atoms with van der Waals surface area (Å²) < 4.78 is 0. The smallest absolute Gasteiger partial charge is 0.0323 e. The normalized spacial score (nSPS) is 22.1. The van der Waals surface area contributed by atoms with E-state index in [0.717, 1.165) is 0 Å². The summed E-state index contributed by atoms with van der Waals surface area (Å²) in [6, 6.07) is 5.55. The molecule has 3 rings (SSSR count). The molecule has 2 aliphatic carbocycles. The number of hydrogen-bond acceptors (Lipinski definition) is 1. The van der Waals surface area contributed by atoms with Crippen LogP contribution < -0.4 is 5.32 Å². The van der Waals surface area contributed by atoms with Gasteiger partial charge in [-0.2, -0.15) is 0 Å². The van der Waals surface area contributed by atoms with Crippen LogP contribution in [0.1, 0.15) is 41.1 Å². The molecule has 2 heteroatoms. The number of hydrogen-bond donors (Lipinski definition) is 1. The highest BCUT2D eigenvalue weighted by atomic mass is 35.5. The lowest BCUT2D eigenvalue weighted by Crippen LogP contribution is -2.12. The molecule has 1 unspecified atom stereocenters. The largest absolute Gasteiger partial charge is 0.313 e. The van der Waals surface area contributed by atoms with E-state index in [1.54, 1.807) is 22.3 Å². The van der Waals surface area contributed by atoms with Gasteiger partial charge in [-0.1, -0.05) is 12.1 Å². The van der Waals surface area contributed by atoms with Gasteiger partial charge in [0, 0.05) is 6.04 Å². The average molecular weight is 224 g/mol. The maximum absolute atomic E-state index is 3.41. The van der Waals surface area contributed by atoms with Crippen molar-refractivity contribution in [2.45, 2.75) is 38.1 Å². The van der Waals surface area contributed by atoms with E-state index in [1.807, 2.05) is 0 Å². The lowest BCUT2D eigenvalue weighted by molar-refractivity contribution is 0.590. The minimum absolute atomic E-state index is 0. The van der Waals surface area contributed by atoms with Crippen LogP contribution in [-0.2, 0) is 19.3 Å². The molecule has 82 valence electrons. The summed E-state index contributed by atoms with van der Waals surface area (Å²) in [7, 11) is 2.08. The van der Waals surface area contributed by atoms with Crippen molar-refractivity contribution in [2.75, 3.05) is 7.05 Å². The number of rotatable bonds is 1. The van der Waals surface area contributed by atoms with Crippen LogP contribution >= 0.6 is 12.4 Å². The fourth-order valence-corrected chi connectivity index (χ4v) is 2.99. The zero-order chi connectivity index (χ0) is 9.54. The fraction of sp³-hybridized carbons (Fsp3) is 0.538. The van der Waals surface area contributed by atoms with E-state index in [1.165, 1.54) is 32.1 Å². The quantitative estimate of drug-likeness (QED) is 0.772. The first-order valence-electron chi connectivity index (χ1n) is 5.70. The van der Waals surface area contributed by atoms with Crippen LogP contribution in [0.5, 0.6) is 0 Å². The lowest BCUT2D eigenvalue weighted by Gasteiger charge is -2.11. The molecule has 1 aromatic carbocycles. The highest BCUT2D eigenvalue weighted by Gasteiger charge is 2.23. The lowest BCUT2D eigenvalue weighted by atomic mass is 10.0. The zero-order valence-corrected chi connectivity index (χ0v) is 9.99. The average Bonchev–Trinajstić information content (AvgIpc) is 2.78. The van der Waals surface area contributed by atoms with Gasteiger partial charge >= 0.3 is 0 Å². The summed E-state index contributed by atoms with van der Waals surface area (Å²) in [6.45, 7) is 0. The molecule has 1 aromatic rings. The molecule has 1 atom stereocenters. The van der Waals surface area contributed by atoms with Crippen molar-refractivity contribution in [3.8, 4) is 0 Å². The highest BCUT2D eigenvalue weighted by Crippen LogP contribution is 2.35. The first-order valence-corrected chi connectivity index (χ1v) is 5.70. The van der Waals surface area contributed by atoms with E-state index in [0.29, 0.717) is 6.04 Å². The third kappa shape index (κ3) is 1.68. The fourth-order valence-electron chi connectivity index (χ4n) is 2.99. The molecule has 2 aliphatic rings. The molecule has 0 saturated heterocycles. The molecule has 0 bridgehead atoms. The Kier molecular flexibility index (Phi) is 3.03. The van der Waals surface area contributed by atoms with Crippen molar-refractivity contribution in [3.05, 3.63) is 34.4 Å². The van der Waals surface area contributed by atoms with E-state index in [4.69, 9.17) is 0 Å². The summed E-state index contributed by atoms with van der Waals surface area (Å²) in [5, 5.41) is 3.41. The molecular formula is C13H18ClN. The number of benzene rings is 1. The van der Waals surface area contributed by atoms with Crippen LogP contribution in [-0.4, -0.2) is 7.05 Å². The van der Waals surface area contributed by atoms with E-state index in [9.17, 15) is 0 Å². The maximum atomic E-state index is 3.41. The van der Waals surface area contributed by atoms with Crippen molar-refractivity contribution in [1.82, 2.24) is 5.32 Å². The molecule has 0 aromatic heterocycles. The molecule has 1 N–H and O–H groups in total. The van der Waals surface area contributed by atoms with E-state index in [2.05, 4.69) is 24.5 Å². The Morgan fingerprint density at radius 3 is 2.53 bits per heavy atom. The van der Waals surface area contributed by atoms with Gasteiger partial charge in [0.15, 0.2) is 0 Å². The van der Waals surface area contributed by atoms with Gasteiger partial charge in [0.1, 0.15) is 0 Å². The minimum atomic E-state index is 0. The van der Waals surface area contributed by atoms with Gasteiger partial charge in [-0.15, -0.1) is 12.4 Å². The Morgan fingerprint density at radius 1 is 1.07 bits per heavy atom. The molecule has 0 spiro atoms. The Hall–Kier alpha value is -0.530. The summed E-state index contributed by atoms with van der Waals surface area (Å²) >= 11 is 0. The van der Waals surface area contributed by atoms with Crippen molar-refractivity contribution in [2.24, 2.45) is 0 Å². The molecule has 0 aliphatic heterocycles. The van der Waals surface area contributed by atoms with Crippen LogP contribution in [0, 0.1) is 0 Å².